The Hall–Kier alpha value is -1.54. The Morgan fingerprint density at radius 1 is 1.12 bits per heavy atom. The molecule has 0 unspecified atom stereocenters. The Labute approximate surface area is 100 Å². The van der Waals surface area contributed by atoms with Crippen LogP contribution < -0.4 is 5.32 Å². The van der Waals surface area contributed by atoms with Gasteiger partial charge in [0.2, 0.25) is 0 Å². The zero-order valence-electron chi connectivity index (χ0n) is 8.86. The van der Waals surface area contributed by atoms with Gasteiger partial charge in [0, 0.05) is 35.6 Å². The normalized spacial score (nSPS) is 10.1. The Morgan fingerprint density at radius 2 is 2.06 bits per heavy atom. The summed E-state index contributed by atoms with van der Waals surface area (Å²) in [6.07, 6.45) is 2.72. The summed E-state index contributed by atoms with van der Waals surface area (Å²) < 4.78 is 0. The standard InChI is InChI=1S/C13H13ClN2/c14-11-4-3-6-13(10-11)16-9-7-12-5-1-2-8-15-12/h1-6,8,10,16H,7,9H2. The van der Waals surface area contributed by atoms with E-state index < -0.39 is 0 Å². The van der Waals surface area contributed by atoms with Crippen LogP contribution in [0.4, 0.5) is 5.69 Å². The summed E-state index contributed by atoms with van der Waals surface area (Å²) in [6.45, 7) is 0.858. The van der Waals surface area contributed by atoms with Crippen molar-refractivity contribution in [3.05, 3.63) is 59.4 Å². The van der Waals surface area contributed by atoms with Crippen molar-refractivity contribution in [1.82, 2.24) is 4.98 Å². The van der Waals surface area contributed by atoms with Gasteiger partial charge in [-0.05, 0) is 30.3 Å². The van der Waals surface area contributed by atoms with E-state index in [1.807, 2.05) is 48.7 Å². The minimum Gasteiger partial charge on any atom is -0.385 e. The number of halogens is 1. The molecule has 82 valence electrons. The van der Waals surface area contributed by atoms with Crippen LogP contribution in [0, 0.1) is 0 Å². The van der Waals surface area contributed by atoms with Crippen LogP contribution >= 0.6 is 11.6 Å². The van der Waals surface area contributed by atoms with E-state index in [0.29, 0.717) is 0 Å². The lowest BCUT2D eigenvalue weighted by Gasteiger charge is -2.05. The van der Waals surface area contributed by atoms with Gasteiger partial charge in [0.05, 0.1) is 0 Å². The maximum absolute atomic E-state index is 5.89. The van der Waals surface area contributed by atoms with E-state index in [4.69, 9.17) is 11.6 Å². The van der Waals surface area contributed by atoms with Crippen molar-refractivity contribution in [2.24, 2.45) is 0 Å². The molecule has 2 rings (SSSR count). The SMILES string of the molecule is Clc1cccc(NCCc2ccccn2)c1. The van der Waals surface area contributed by atoms with Crippen LogP contribution in [0.1, 0.15) is 5.69 Å². The van der Waals surface area contributed by atoms with E-state index in [1.54, 1.807) is 0 Å². The summed E-state index contributed by atoms with van der Waals surface area (Å²) in [5, 5.41) is 4.06. The molecule has 1 aromatic heterocycles. The first-order chi connectivity index (χ1) is 7.84. The molecule has 0 saturated heterocycles. The van der Waals surface area contributed by atoms with E-state index in [1.165, 1.54) is 0 Å². The Bertz CT molecular complexity index is 443. The number of rotatable bonds is 4. The van der Waals surface area contributed by atoms with Gasteiger partial charge in [-0.3, -0.25) is 4.98 Å². The Kier molecular flexibility index (Phi) is 3.78. The van der Waals surface area contributed by atoms with Crippen LogP contribution in [0.2, 0.25) is 5.02 Å². The number of hydrogen-bond acceptors (Lipinski definition) is 2. The first-order valence-corrected chi connectivity index (χ1v) is 5.62. The molecule has 2 nitrogen and oxygen atoms in total. The zero-order chi connectivity index (χ0) is 11.2. The third-order valence-electron chi connectivity index (χ3n) is 2.26. The number of aromatic nitrogens is 1. The molecule has 0 bridgehead atoms. The quantitative estimate of drug-likeness (QED) is 0.874. The smallest absolute Gasteiger partial charge is 0.0426 e. The molecular weight excluding hydrogens is 220 g/mol. The molecule has 0 saturated carbocycles. The number of nitrogens with zero attached hydrogens (tertiary/aromatic N) is 1. The van der Waals surface area contributed by atoms with E-state index in [0.717, 1.165) is 29.4 Å². The third kappa shape index (κ3) is 3.24. The largest absolute Gasteiger partial charge is 0.385 e. The van der Waals surface area contributed by atoms with Gasteiger partial charge in [-0.2, -0.15) is 0 Å². The fourth-order valence-electron chi connectivity index (χ4n) is 1.48. The lowest BCUT2D eigenvalue weighted by atomic mass is 10.2. The molecule has 0 aliphatic heterocycles. The summed E-state index contributed by atoms with van der Waals surface area (Å²) in [7, 11) is 0. The topological polar surface area (TPSA) is 24.9 Å². The molecule has 1 N–H and O–H groups in total. The zero-order valence-corrected chi connectivity index (χ0v) is 9.61. The summed E-state index contributed by atoms with van der Waals surface area (Å²) >= 11 is 5.89. The van der Waals surface area contributed by atoms with Crippen molar-refractivity contribution in [2.75, 3.05) is 11.9 Å². The van der Waals surface area contributed by atoms with Gasteiger partial charge in [-0.25, -0.2) is 0 Å². The first-order valence-electron chi connectivity index (χ1n) is 5.24. The molecule has 1 heterocycles. The van der Waals surface area contributed by atoms with Gasteiger partial charge in [-0.15, -0.1) is 0 Å². The second-order valence-corrected chi connectivity index (χ2v) is 3.94. The van der Waals surface area contributed by atoms with Crippen LogP contribution in [-0.4, -0.2) is 11.5 Å². The Balaban J connectivity index is 1.85. The molecule has 0 amide bonds. The minimum atomic E-state index is 0.753. The molecule has 0 fully saturated rings. The molecule has 16 heavy (non-hydrogen) atoms. The van der Waals surface area contributed by atoms with Crippen molar-refractivity contribution in [3.8, 4) is 0 Å². The number of nitrogens with one attached hydrogen (secondary N) is 1. The van der Waals surface area contributed by atoms with E-state index >= 15 is 0 Å². The van der Waals surface area contributed by atoms with Gasteiger partial charge in [-0.1, -0.05) is 23.7 Å². The summed E-state index contributed by atoms with van der Waals surface area (Å²) in [4.78, 5) is 4.26. The molecule has 0 spiro atoms. The molecule has 3 heteroatoms. The number of anilines is 1. The molecule has 0 atom stereocenters. The van der Waals surface area contributed by atoms with Crippen LogP contribution in [0.15, 0.2) is 48.7 Å². The highest BCUT2D eigenvalue weighted by Gasteiger charge is 1.95. The predicted octanol–water partition coefficient (Wildman–Crippen LogP) is 3.39. The first kappa shape index (κ1) is 11.0. The van der Waals surface area contributed by atoms with Gasteiger partial charge in [0.15, 0.2) is 0 Å². The Morgan fingerprint density at radius 3 is 2.81 bits per heavy atom. The lowest BCUT2D eigenvalue weighted by molar-refractivity contribution is 0.961. The van der Waals surface area contributed by atoms with Crippen molar-refractivity contribution in [1.29, 1.82) is 0 Å². The number of pyridine rings is 1. The number of hydrogen-bond donors (Lipinski definition) is 1. The van der Waals surface area contributed by atoms with Crippen LogP contribution in [0.25, 0.3) is 0 Å². The molecule has 2 aromatic rings. The fraction of sp³-hybridized carbons (Fsp3) is 0.154. The van der Waals surface area contributed by atoms with Gasteiger partial charge in [0.1, 0.15) is 0 Å². The van der Waals surface area contributed by atoms with E-state index in [2.05, 4.69) is 10.3 Å². The molecule has 0 radical (unpaired) electrons. The van der Waals surface area contributed by atoms with Crippen LogP contribution in [0.3, 0.4) is 0 Å². The average molecular weight is 233 g/mol. The maximum Gasteiger partial charge on any atom is 0.0426 e. The van der Waals surface area contributed by atoms with Crippen LogP contribution in [0.5, 0.6) is 0 Å². The maximum atomic E-state index is 5.89. The minimum absolute atomic E-state index is 0.753. The van der Waals surface area contributed by atoms with Crippen molar-refractivity contribution < 1.29 is 0 Å². The second-order valence-electron chi connectivity index (χ2n) is 3.51. The molecule has 1 aromatic carbocycles. The van der Waals surface area contributed by atoms with Gasteiger partial charge >= 0.3 is 0 Å². The lowest BCUT2D eigenvalue weighted by Crippen LogP contribution is -2.05. The predicted molar refractivity (Wildman–Crippen MR) is 67.9 cm³/mol. The average Bonchev–Trinajstić information content (AvgIpc) is 2.30. The summed E-state index contributed by atoms with van der Waals surface area (Å²) in [6, 6.07) is 13.7. The summed E-state index contributed by atoms with van der Waals surface area (Å²) in [5.41, 5.74) is 2.14. The van der Waals surface area contributed by atoms with Gasteiger partial charge < -0.3 is 5.32 Å². The van der Waals surface area contributed by atoms with Crippen molar-refractivity contribution in [2.45, 2.75) is 6.42 Å². The second kappa shape index (κ2) is 5.52. The van der Waals surface area contributed by atoms with Crippen LogP contribution in [-0.2, 0) is 6.42 Å². The number of benzene rings is 1. The molecular formula is C13H13ClN2. The van der Waals surface area contributed by atoms with Gasteiger partial charge in [0.25, 0.3) is 0 Å². The highest BCUT2D eigenvalue weighted by Crippen LogP contribution is 2.14. The highest BCUT2D eigenvalue weighted by atomic mass is 35.5. The molecule has 0 aliphatic rings. The van der Waals surface area contributed by atoms with E-state index in [9.17, 15) is 0 Å². The van der Waals surface area contributed by atoms with E-state index in [-0.39, 0.29) is 0 Å². The van der Waals surface area contributed by atoms with Crippen molar-refractivity contribution in [3.63, 3.8) is 0 Å². The highest BCUT2D eigenvalue weighted by molar-refractivity contribution is 6.30. The summed E-state index contributed by atoms with van der Waals surface area (Å²) in [5.74, 6) is 0. The van der Waals surface area contributed by atoms with Crippen molar-refractivity contribution >= 4 is 17.3 Å². The third-order valence-corrected chi connectivity index (χ3v) is 2.50. The fourth-order valence-corrected chi connectivity index (χ4v) is 1.67. The molecule has 0 aliphatic carbocycles. The monoisotopic (exact) mass is 232 g/mol.